The van der Waals surface area contributed by atoms with Gasteiger partial charge in [0.2, 0.25) is 0 Å². The Bertz CT molecular complexity index is 1290. The molecule has 4 rings (SSSR count). The van der Waals surface area contributed by atoms with Crippen molar-refractivity contribution in [1.29, 1.82) is 0 Å². The van der Waals surface area contributed by atoms with Crippen LogP contribution in [0.3, 0.4) is 0 Å². The molecule has 0 aliphatic rings. The highest BCUT2D eigenvalue weighted by Crippen LogP contribution is 2.24. The van der Waals surface area contributed by atoms with Crippen LogP contribution in [0, 0.1) is 0 Å². The number of nitrogens with one attached hydrogen (secondary N) is 2. The predicted octanol–water partition coefficient (Wildman–Crippen LogP) is 5.17. The van der Waals surface area contributed by atoms with E-state index in [1.54, 1.807) is 42.1 Å². The first-order valence-electron chi connectivity index (χ1n) is 10.2. The van der Waals surface area contributed by atoms with E-state index in [4.69, 9.17) is 0 Å². The van der Waals surface area contributed by atoms with Crippen molar-refractivity contribution >= 4 is 34.9 Å². The molecular weight excluding hydrogens is 465 g/mol. The SMILES string of the molecule is O=C(Nc1ccccc1C(=O)NCC(F)(F)F)c1ccc(SCc2cn3ccccc3n2)cc1. The number of imidazole rings is 1. The Kier molecular flexibility index (Phi) is 6.87. The van der Waals surface area contributed by atoms with E-state index in [1.807, 2.05) is 40.3 Å². The number of para-hydroxylation sites is 1. The molecule has 2 amide bonds. The van der Waals surface area contributed by atoms with Gasteiger partial charge in [0, 0.05) is 28.6 Å². The van der Waals surface area contributed by atoms with E-state index in [1.165, 1.54) is 18.2 Å². The second kappa shape index (κ2) is 10.0. The van der Waals surface area contributed by atoms with Gasteiger partial charge < -0.3 is 15.0 Å². The Labute approximate surface area is 197 Å². The van der Waals surface area contributed by atoms with Crippen molar-refractivity contribution in [2.45, 2.75) is 16.8 Å². The smallest absolute Gasteiger partial charge is 0.343 e. The zero-order valence-electron chi connectivity index (χ0n) is 17.7. The quantitative estimate of drug-likeness (QED) is 0.355. The first-order valence-corrected chi connectivity index (χ1v) is 11.2. The van der Waals surface area contributed by atoms with Crippen LogP contribution in [0.1, 0.15) is 26.4 Å². The van der Waals surface area contributed by atoms with E-state index in [9.17, 15) is 22.8 Å². The molecule has 0 radical (unpaired) electrons. The predicted molar refractivity (Wildman–Crippen MR) is 124 cm³/mol. The van der Waals surface area contributed by atoms with E-state index in [0.29, 0.717) is 11.3 Å². The van der Waals surface area contributed by atoms with E-state index in [2.05, 4.69) is 10.3 Å². The number of carbonyl (C=O) groups is 2. The van der Waals surface area contributed by atoms with E-state index < -0.39 is 24.5 Å². The highest BCUT2D eigenvalue weighted by atomic mass is 32.2. The molecule has 0 saturated carbocycles. The summed E-state index contributed by atoms with van der Waals surface area (Å²) in [5, 5.41) is 4.41. The van der Waals surface area contributed by atoms with Gasteiger partial charge in [0.05, 0.1) is 16.9 Å². The molecule has 0 aliphatic carbocycles. The Balaban J connectivity index is 1.38. The minimum atomic E-state index is -4.53. The number of alkyl halides is 3. The summed E-state index contributed by atoms with van der Waals surface area (Å²) >= 11 is 1.57. The third kappa shape index (κ3) is 5.96. The zero-order chi connectivity index (χ0) is 24.1. The number of halogens is 3. The number of thioether (sulfide) groups is 1. The average molecular weight is 485 g/mol. The summed E-state index contributed by atoms with van der Waals surface area (Å²) in [7, 11) is 0. The van der Waals surface area contributed by atoms with Gasteiger partial charge in [-0.15, -0.1) is 11.8 Å². The summed E-state index contributed by atoms with van der Waals surface area (Å²) in [5.74, 6) is -0.743. The van der Waals surface area contributed by atoms with Gasteiger partial charge in [-0.1, -0.05) is 18.2 Å². The van der Waals surface area contributed by atoms with Crippen molar-refractivity contribution in [2.75, 3.05) is 11.9 Å². The van der Waals surface area contributed by atoms with E-state index >= 15 is 0 Å². The number of nitrogens with zero attached hydrogens (tertiary/aromatic N) is 2. The molecule has 0 aliphatic heterocycles. The Hall–Kier alpha value is -3.79. The molecule has 34 heavy (non-hydrogen) atoms. The van der Waals surface area contributed by atoms with E-state index in [-0.39, 0.29) is 11.3 Å². The number of rotatable bonds is 7. The largest absolute Gasteiger partial charge is 0.405 e. The maximum atomic E-state index is 12.7. The number of amides is 2. The van der Waals surface area contributed by atoms with Crippen LogP contribution < -0.4 is 10.6 Å². The lowest BCUT2D eigenvalue weighted by Crippen LogP contribution is -2.34. The molecule has 2 N–H and O–H groups in total. The minimum Gasteiger partial charge on any atom is -0.343 e. The van der Waals surface area contributed by atoms with E-state index in [0.717, 1.165) is 16.2 Å². The van der Waals surface area contributed by atoms with Gasteiger partial charge in [0.15, 0.2) is 0 Å². The van der Waals surface area contributed by atoms with Crippen LogP contribution in [0.5, 0.6) is 0 Å². The molecule has 2 aromatic heterocycles. The van der Waals surface area contributed by atoms with Crippen LogP contribution in [-0.2, 0) is 5.75 Å². The van der Waals surface area contributed by atoms with Crippen molar-refractivity contribution in [3.8, 4) is 0 Å². The van der Waals surface area contributed by atoms with Gasteiger partial charge in [-0.2, -0.15) is 13.2 Å². The van der Waals surface area contributed by atoms with Crippen molar-refractivity contribution in [3.05, 3.63) is 95.9 Å². The normalized spacial score (nSPS) is 11.4. The lowest BCUT2D eigenvalue weighted by Gasteiger charge is -2.12. The molecule has 0 fully saturated rings. The molecule has 174 valence electrons. The lowest BCUT2D eigenvalue weighted by atomic mass is 10.1. The maximum absolute atomic E-state index is 12.7. The number of aromatic nitrogens is 2. The molecule has 0 bridgehead atoms. The Morgan fingerprint density at radius 3 is 2.41 bits per heavy atom. The standard InChI is InChI=1S/C24H19F3N4O2S/c25-24(26,27)15-28-23(33)19-5-1-2-6-20(19)30-22(32)16-8-10-18(11-9-16)34-14-17-13-31-12-4-3-7-21(31)29-17/h1-13H,14-15H2,(H,28,33)(H,30,32). The molecule has 10 heteroatoms. The third-order valence-corrected chi connectivity index (χ3v) is 5.83. The number of carbonyl (C=O) groups excluding carboxylic acids is 2. The van der Waals surface area contributed by atoms with Crippen molar-refractivity contribution in [3.63, 3.8) is 0 Å². The summed E-state index contributed by atoms with van der Waals surface area (Å²) in [6, 6.07) is 18.6. The van der Waals surface area contributed by atoms with Crippen LogP contribution in [0.4, 0.5) is 18.9 Å². The number of pyridine rings is 1. The number of hydrogen-bond donors (Lipinski definition) is 2. The third-order valence-electron chi connectivity index (χ3n) is 4.79. The Morgan fingerprint density at radius 2 is 1.68 bits per heavy atom. The molecular formula is C24H19F3N4O2S. The molecule has 2 aromatic carbocycles. The van der Waals surface area contributed by atoms with Crippen LogP contribution in [0.15, 0.2) is 84.0 Å². The van der Waals surface area contributed by atoms with Gasteiger partial charge in [0.1, 0.15) is 12.2 Å². The van der Waals surface area contributed by atoms with Crippen LogP contribution in [-0.4, -0.2) is 33.9 Å². The number of hydrogen-bond acceptors (Lipinski definition) is 4. The molecule has 6 nitrogen and oxygen atoms in total. The minimum absolute atomic E-state index is 0.0558. The summed E-state index contributed by atoms with van der Waals surface area (Å²) < 4.78 is 39.2. The molecule has 0 spiro atoms. The summed E-state index contributed by atoms with van der Waals surface area (Å²) in [4.78, 5) is 30.3. The number of fused-ring (bicyclic) bond motifs is 1. The van der Waals surface area contributed by atoms with Crippen LogP contribution >= 0.6 is 11.8 Å². The topological polar surface area (TPSA) is 75.5 Å². The zero-order valence-corrected chi connectivity index (χ0v) is 18.5. The van der Waals surface area contributed by atoms with Crippen LogP contribution in [0.25, 0.3) is 5.65 Å². The van der Waals surface area contributed by atoms with Crippen molar-refractivity contribution in [1.82, 2.24) is 14.7 Å². The van der Waals surface area contributed by atoms with Crippen molar-refractivity contribution < 1.29 is 22.8 Å². The fourth-order valence-corrected chi connectivity index (χ4v) is 3.96. The van der Waals surface area contributed by atoms with Gasteiger partial charge in [0.25, 0.3) is 11.8 Å². The lowest BCUT2D eigenvalue weighted by molar-refractivity contribution is -0.123. The molecule has 2 heterocycles. The fourth-order valence-electron chi connectivity index (χ4n) is 3.18. The first kappa shape index (κ1) is 23.4. The highest BCUT2D eigenvalue weighted by molar-refractivity contribution is 7.98. The molecule has 0 atom stereocenters. The van der Waals surface area contributed by atoms with Gasteiger partial charge in [-0.25, -0.2) is 4.98 Å². The average Bonchev–Trinajstić information content (AvgIpc) is 3.24. The van der Waals surface area contributed by atoms with Gasteiger partial charge in [-0.3, -0.25) is 9.59 Å². The Morgan fingerprint density at radius 1 is 0.941 bits per heavy atom. The van der Waals surface area contributed by atoms with Crippen LogP contribution in [0.2, 0.25) is 0 Å². The molecule has 4 aromatic rings. The second-order valence-electron chi connectivity index (χ2n) is 7.31. The fraction of sp³-hybridized carbons (Fsp3) is 0.125. The number of benzene rings is 2. The maximum Gasteiger partial charge on any atom is 0.405 e. The second-order valence-corrected chi connectivity index (χ2v) is 8.36. The first-order chi connectivity index (χ1) is 16.3. The van der Waals surface area contributed by atoms with Gasteiger partial charge >= 0.3 is 6.18 Å². The van der Waals surface area contributed by atoms with Gasteiger partial charge in [-0.05, 0) is 48.5 Å². The molecule has 0 saturated heterocycles. The summed E-state index contributed by atoms with van der Waals surface area (Å²) in [5.41, 5.74) is 2.22. The monoisotopic (exact) mass is 484 g/mol. The van der Waals surface area contributed by atoms with Crippen molar-refractivity contribution in [2.24, 2.45) is 0 Å². The summed E-state index contributed by atoms with van der Waals surface area (Å²) in [6.07, 6.45) is -0.632. The highest BCUT2D eigenvalue weighted by Gasteiger charge is 2.28. The summed E-state index contributed by atoms with van der Waals surface area (Å²) in [6.45, 7) is -1.46. The molecule has 0 unspecified atom stereocenters. The number of anilines is 1.